The Kier molecular flexibility index (Phi) is 5.29. The average molecular weight is 333 g/mol. The highest BCUT2D eigenvalue weighted by Crippen LogP contribution is 2.16. The van der Waals surface area contributed by atoms with Gasteiger partial charge in [-0.15, -0.1) is 0 Å². The lowest BCUT2D eigenvalue weighted by Gasteiger charge is -2.18. The fraction of sp³-hybridized carbons (Fsp3) is 0.238. The molecular formula is C21H23N3O. The molecule has 0 aliphatic rings. The Balaban J connectivity index is 1.55. The molecule has 1 heterocycles. The van der Waals surface area contributed by atoms with E-state index in [0.717, 1.165) is 12.0 Å². The number of nitrogens with one attached hydrogen (secondary N) is 2. The van der Waals surface area contributed by atoms with Crippen LogP contribution in [0, 0.1) is 0 Å². The number of fused-ring (bicyclic) bond motifs is 1. The Morgan fingerprint density at radius 1 is 0.960 bits per heavy atom. The van der Waals surface area contributed by atoms with Gasteiger partial charge in [0.05, 0.1) is 6.04 Å². The van der Waals surface area contributed by atoms with Gasteiger partial charge in [-0.05, 0) is 54.3 Å². The molecule has 2 aromatic carbocycles. The number of nitrogens with zero attached hydrogens (tertiary/aromatic N) is 1. The molecule has 2 atom stereocenters. The molecule has 0 spiro atoms. The first kappa shape index (κ1) is 17.0. The van der Waals surface area contributed by atoms with Gasteiger partial charge in [0, 0.05) is 18.4 Å². The number of benzene rings is 2. The van der Waals surface area contributed by atoms with Gasteiger partial charge in [0.15, 0.2) is 0 Å². The Morgan fingerprint density at radius 3 is 2.44 bits per heavy atom. The zero-order chi connectivity index (χ0) is 17.6. The molecule has 128 valence electrons. The van der Waals surface area contributed by atoms with Crippen molar-refractivity contribution in [3.63, 3.8) is 0 Å². The summed E-state index contributed by atoms with van der Waals surface area (Å²) in [4.78, 5) is 16.2. The quantitative estimate of drug-likeness (QED) is 0.734. The van der Waals surface area contributed by atoms with E-state index < -0.39 is 0 Å². The Hall–Kier alpha value is -2.88. The zero-order valence-corrected chi connectivity index (χ0v) is 14.6. The van der Waals surface area contributed by atoms with Gasteiger partial charge >= 0.3 is 6.03 Å². The fourth-order valence-corrected chi connectivity index (χ4v) is 2.97. The molecule has 0 radical (unpaired) electrons. The third-order valence-corrected chi connectivity index (χ3v) is 4.29. The van der Waals surface area contributed by atoms with Gasteiger partial charge in [-0.1, -0.05) is 42.5 Å². The normalized spacial score (nSPS) is 13.2. The monoisotopic (exact) mass is 333 g/mol. The van der Waals surface area contributed by atoms with Crippen molar-refractivity contribution in [1.82, 2.24) is 15.6 Å². The van der Waals surface area contributed by atoms with E-state index in [1.807, 2.05) is 38.1 Å². The van der Waals surface area contributed by atoms with Crippen LogP contribution in [0.15, 0.2) is 67.0 Å². The summed E-state index contributed by atoms with van der Waals surface area (Å²) in [5, 5.41) is 8.43. The van der Waals surface area contributed by atoms with Crippen molar-refractivity contribution < 1.29 is 4.79 Å². The number of carbonyl (C=O) groups is 1. The molecule has 0 saturated heterocycles. The van der Waals surface area contributed by atoms with Crippen LogP contribution in [0.2, 0.25) is 0 Å². The van der Waals surface area contributed by atoms with Crippen molar-refractivity contribution in [2.24, 2.45) is 0 Å². The number of pyridine rings is 1. The van der Waals surface area contributed by atoms with Gasteiger partial charge < -0.3 is 10.6 Å². The number of hydrogen-bond acceptors (Lipinski definition) is 2. The number of carbonyl (C=O) groups excluding carboxylic acids is 1. The zero-order valence-electron chi connectivity index (χ0n) is 14.6. The summed E-state index contributed by atoms with van der Waals surface area (Å²) < 4.78 is 0. The summed E-state index contributed by atoms with van der Waals surface area (Å²) in [5.41, 5.74) is 2.25. The maximum absolute atomic E-state index is 12.2. The summed E-state index contributed by atoms with van der Waals surface area (Å²) >= 11 is 0. The molecule has 3 rings (SSSR count). The number of rotatable bonds is 5. The van der Waals surface area contributed by atoms with Crippen LogP contribution < -0.4 is 10.6 Å². The SMILES string of the molecule is C[C@H](Cc1ccc2ccccc2c1)NC(=O)N[C@H](C)c1ccncc1. The lowest BCUT2D eigenvalue weighted by molar-refractivity contribution is 0.234. The topological polar surface area (TPSA) is 54.0 Å². The third kappa shape index (κ3) is 4.57. The Bertz CT molecular complexity index is 848. The van der Waals surface area contributed by atoms with Crippen molar-refractivity contribution in [2.45, 2.75) is 32.4 Å². The molecule has 0 unspecified atom stereocenters. The minimum atomic E-state index is -0.155. The fourth-order valence-electron chi connectivity index (χ4n) is 2.97. The van der Waals surface area contributed by atoms with Crippen molar-refractivity contribution in [3.05, 3.63) is 78.1 Å². The van der Waals surface area contributed by atoms with Gasteiger partial charge in [-0.2, -0.15) is 0 Å². The van der Waals surface area contributed by atoms with Crippen molar-refractivity contribution >= 4 is 16.8 Å². The highest BCUT2D eigenvalue weighted by molar-refractivity contribution is 5.83. The van der Waals surface area contributed by atoms with Crippen LogP contribution in [0.1, 0.15) is 31.0 Å². The second-order valence-electron chi connectivity index (χ2n) is 6.41. The summed E-state index contributed by atoms with van der Waals surface area (Å²) in [7, 11) is 0. The van der Waals surface area contributed by atoms with Gasteiger partial charge in [0.1, 0.15) is 0 Å². The highest BCUT2D eigenvalue weighted by Gasteiger charge is 2.12. The molecule has 4 nitrogen and oxygen atoms in total. The minimum Gasteiger partial charge on any atom is -0.335 e. The van der Waals surface area contributed by atoms with Gasteiger partial charge in [0.2, 0.25) is 0 Å². The average Bonchev–Trinajstić information content (AvgIpc) is 2.62. The molecule has 3 aromatic rings. The maximum Gasteiger partial charge on any atom is 0.315 e. The van der Waals surface area contributed by atoms with E-state index in [0.29, 0.717) is 0 Å². The number of hydrogen-bond donors (Lipinski definition) is 2. The molecule has 1 aromatic heterocycles. The molecule has 2 N–H and O–H groups in total. The molecule has 0 aliphatic carbocycles. The lowest BCUT2D eigenvalue weighted by Crippen LogP contribution is -2.42. The van der Waals surface area contributed by atoms with Crippen LogP contribution in [-0.2, 0) is 6.42 Å². The predicted molar refractivity (Wildman–Crippen MR) is 101 cm³/mol. The van der Waals surface area contributed by atoms with Crippen LogP contribution in [0.4, 0.5) is 4.79 Å². The van der Waals surface area contributed by atoms with E-state index in [1.165, 1.54) is 16.3 Å². The van der Waals surface area contributed by atoms with E-state index in [2.05, 4.69) is 45.9 Å². The largest absolute Gasteiger partial charge is 0.335 e. The Labute approximate surface area is 148 Å². The predicted octanol–water partition coefficient (Wildman–Crippen LogP) is 4.23. The second-order valence-corrected chi connectivity index (χ2v) is 6.41. The van der Waals surface area contributed by atoms with Crippen LogP contribution in [0.3, 0.4) is 0 Å². The molecule has 2 amide bonds. The molecule has 0 bridgehead atoms. The Morgan fingerprint density at radius 2 is 1.68 bits per heavy atom. The summed E-state index contributed by atoms with van der Waals surface area (Å²) in [5.74, 6) is 0. The van der Waals surface area contributed by atoms with Crippen LogP contribution in [0.25, 0.3) is 10.8 Å². The standard InChI is InChI=1S/C21H23N3O/c1-15(13-17-7-8-19-5-3-4-6-20(19)14-17)23-21(25)24-16(2)18-9-11-22-12-10-18/h3-12,14-16H,13H2,1-2H3,(H2,23,24,25)/t15-,16-/m1/s1. The summed E-state index contributed by atoms with van der Waals surface area (Å²) in [6, 6.07) is 18.4. The highest BCUT2D eigenvalue weighted by atomic mass is 16.2. The van der Waals surface area contributed by atoms with Crippen molar-refractivity contribution in [2.75, 3.05) is 0 Å². The van der Waals surface area contributed by atoms with Crippen molar-refractivity contribution in [3.8, 4) is 0 Å². The van der Waals surface area contributed by atoms with Crippen LogP contribution >= 0.6 is 0 Å². The smallest absolute Gasteiger partial charge is 0.315 e. The van der Waals surface area contributed by atoms with Gasteiger partial charge in [-0.25, -0.2) is 4.79 Å². The van der Waals surface area contributed by atoms with Crippen LogP contribution in [-0.4, -0.2) is 17.1 Å². The first-order chi connectivity index (χ1) is 12.1. The van der Waals surface area contributed by atoms with E-state index in [1.54, 1.807) is 12.4 Å². The molecule has 0 saturated carbocycles. The van der Waals surface area contributed by atoms with E-state index in [9.17, 15) is 4.79 Å². The molecule has 4 heteroatoms. The molecule has 0 fully saturated rings. The first-order valence-electron chi connectivity index (χ1n) is 8.56. The van der Waals surface area contributed by atoms with Gasteiger partial charge in [0.25, 0.3) is 0 Å². The summed E-state index contributed by atoms with van der Waals surface area (Å²) in [6.45, 7) is 3.98. The van der Waals surface area contributed by atoms with E-state index in [-0.39, 0.29) is 18.1 Å². The molecule has 0 aliphatic heterocycles. The molecular weight excluding hydrogens is 310 g/mol. The van der Waals surface area contributed by atoms with Crippen LogP contribution in [0.5, 0.6) is 0 Å². The van der Waals surface area contributed by atoms with E-state index in [4.69, 9.17) is 0 Å². The minimum absolute atomic E-state index is 0.0470. The lowest BCUT2D eigenvalue weighted by atomic mass is 10.0. The van der Waals surface area contributed by atoms with Gasteiger partial charge in [-0.3, -0.25) is 4.98 Å². The first-order valence-corrected chi connectivity index (χ1v) is 8.56. The third-order valence-electron chi connectivity index (χ3n) is 4.29. The molecule has 25 heavy (non-hydrogen) atoms. The maximum atomic E-state index is 12.2. The second kappa shape index (κ2) is 7.79. The number of urea groups is 1. The van der Waals surface area contributed by atoms with Crippen molar-refractivity contribution in [1.29, 1.82) is 0 Å². The van der Waals surface area contributed by atoms with E-state index >= 15 is 0 Å². The number of aromatic nitrogens is 1. The summed E-state index contributed by atoms with van der Waals surface area (Å²) in [6.07, 6.45) is 4.25. The number of amides is 2.